The fourth-order valence-corrected chi connectivity index (χ4v) is 4.00. The van der Waals surface area contributed by atoms with E-state index in [1.54, 1.807) is 12.3 Å². The Morgan fingerprint density at radius 2 is 1.82 bits per heavy atom. The highest BCUT2D eigenvalue weighted by atomic mass is 32.2. The van der Waals surface area contributed by atoms with Gasteiger partial charge in [-0.15, -0.1) is 0 Å². The van der Waals surface area contributed by atoms with Crippen molar-refractivity contribution in [1.29, 1.82) is 0 Å². The molecule has 0 spiro atoms. The van der Waals surface area contributed by atoms with Gasteiger partial charge in [-0.25, -0.2) is 9.97 Å². The molecular weight excluding hydrogens is 368 g/mol. The number of imidazole rings is 1. The lowest BCUT2D eigenvalue weighted by molar-refractivity contribution is 0.0948. The number of aryl methyl sites for hydroxylation is 1. The van der Waals surface area contributed by atoms with Crippen LogP contribution in [0.1, 0.15) is 16.2 Å². The summed E-state index contributed by atoms with van der Waals surface area (Å²) in [6, 6.07) is 21.6. The molecule has 0 fully saturated rings. The summed E-state index contributed by atoms with van der Waals surface area (Å²) in [4.78, 5) is 22.8. The van der Waals surface area contributed by atoms with Crippen molar-refractivity contribution < 1.29 is 4.79 Å². The largest absolute Gasteiger partial charge is 0.350 e. The first-order chi connectivity index (χ1) is 13.7. The second-order valence-electron chi connectivity index (χ2n) is 6.33. The number of benzene rings is 2. The third-order valence-corrected chi connectivity index (χ3v) is 5.47. The molecule has 6 heteroatoms. The molecule has 2 heterocycles. The van der Waals surface area contributed by atoms with Gasteiger partial charge in [0.05, 0.1) is 16.6 Å². The number of nitrogens with one attached hydrogen (secondary N) is 1. The smallest absolute Gasteiger partial charge is 0.254 e. The van der Waals surface area contributed by atoms with Gasteiger partial charge in [0.25, 0.3) is 5.91 Å². The van der Waals surface area contributed by atoms with E-state index in [4.69, 9.17) is 0 Å². The number of para-hydroxylation sites is 2. The highest BCUT2D eigenvalue weighted by Gasteiger charge is 2.13. The number of hydrogen-bond donors (Lipinski definition) is 1. The highest BCUT2D eigenvalue weighted by molar-refractivity contribution is 7.99. The minimum atomic E-state index is -0.117. The number of carbonyl (C=O) groups excluding carboxylic acids is 1. The van der Waals surface area contributed by atoms with Gasteiger partial charge in [0.1, 0.15) is 10.9 Å². The number of pyridine rings is 1. The van der Waals surface area contributed by atoms with Crippen LogP contribution in [-0.4, -0.2) is 27.0 Å². The number of rotatable bonds is 6. The van der Waals surface area contributed by atoms with Crippen LogP contribution in [0, 0.1) is 6.92 Å². The summed E-state index contributed by atoms with van der Waals surface area (Å²) in [5.74, 6) is 0.825. The first-order valence-electron chi connectivity index (χ1n) is 9.10. The maximum atomic E-state index is 12.7. The summed E-state index contributed by atoms with van der Waals surface area (Å²) < 4.78 is 2.12. The van der Waals surface area contributed by atoms with E-state index in [0.717, 1.165) is 21.8 Å². The summed E-state index contributed by atoms with van der Waals surface area (Å²) in [6.45, 7) is 3.17. The number of amides is 1. The van der Waals surface area contributed by atoms with Crippen molar-refractivity contribution in [3.63, 3.8) is 0 Å². The van der Waals surface area contributed by atoms with Crippen LogP contribution in [0.4, 0.5) is 0 Å². The van der Waals surface area contributed by atoms with Crippen molar-refractivity contribution in [2.24, 2.45) is 0 Å². The molecule has 0 atom stereocenters. The Labute approximate surface area is 167 Å². The van der Waals surface area contributed by atoms with Crippen LogP contribution >= 0.6 is 11.8 Å². The molecule has 140 valence electrons. The second kappa shape index (κ2) is 8.27. The summed E-state index contributed by atoms with van der Waals surface area (Å²) in [5.41, 5.74) is 2.64. The maximum Gasteiger partial charge on any atom is 0.254 e. The van der Waals surface area contributed by atoms with E-state index in [0.29, 0.717) is 23.7 Å². The zero-order chi connectivity index (χ0) is 19.3. The van der Waals surface area contributed by atoms with Crippen molar-refractivity contribution in [3.8, 4) is 0 Å². The van der Waals surface area contributed by atoms with Crippen LogP contribution in [0.5, 0.6) is 0 Å². The first-order valence-corrected chi connectivity index (χ1v) is 9.92. The van der Waals surface area contributed by atoms with E-state index in [2.05, 4.69) is 19.9 Å². The van der Waals surface area contributed by atoms with E-state index in [9.17, 15) is 4.79 Å². The van der Waals surface area contributed by atoms with E-state index >= 15 is 0 Å². The zero-order valence-electron chi connectivity index (χ0n) is 15.5. The van der Waals surface area contributed by atoms with Crippen LogP contribution in [-0.2, 0) is 6.54 Å². The molecule has 0 saturated heterocycles. The molecule has 0 aliphatic rings. The SMILES string of the molecule is Cc1nc2ccccc2n1CCNC(=O)c1cccnc1Sc1ccccc1. The van der Waals surface area contributed by atoms with Crippen LogP contribution in [0.15, 0.2) is 82.8 Å². The van der Waals surface area contributed by atoms with E-state index in [1.807, 2.05) is 67.6 Å². The molecule has 0 radical (unpaired) electrons. The Balaban J connectivity index is 1.45. The molecule has 4 aromatic rings. The molecule has 0 saturated carbocycles. The van der Waals surface area contributed by atoms with E-state index in [1.165, 1.54) is 11.8 Å². The molecule has 1 amide bonds. The quantitative estimate of drug-likeness (QED) is 0.534. The summed E-state index contributed by atoms with van der Waals surface area (Å²) in [7, 11) is 0. The average Bonchev–Trinajstić information content (AvgIpc) is 3.04. The third-order valence-electron chi connectivity index (χ3n) is 4.44. The summed E-state index contributed by atoms with van der Waals surface area (Å²) in [5, 5.41) is 3.72. The predicted molar refractivity (Wildman–Crippen MR) is 112 cm³/mol. The monoisotopic (exact) mass is 388 g/mol. The predicted octanol–water partition coefficient (Wildman–Crippen LogP) is 4.32. The van der Waals surface area contributed by atoms with Gasteiger partial charge in [-0.05, 0) is 43.3 Å². The maximum absolute atomic E-state index is 12.7. The Morgan fingerprint density at radius 1 is 1.04 bits per heavy atom. The number of nitrogens with zero attached hydrogens (tertiary/aromatic N) is 3. The van der Waals surface area contributed by atoms with Crippen LogP contribution in [0.3, 0.4) is 0 Å². The van der Waals surface area contributed by atoms with Crippen molar-refractivity contribution >= 4 is 28.7 Å². The fourth-order valence-electron chi connectivity index (χ4n) is 3.10. The van der Waals surface area contributed by atoms with Crippen molar-refractivity contribution in [1.82, 2.24) is 19.9 Å². The number of carbonyl (C=O) groups is 1. The zero-order valence-corrected chi connectivity index (χ0v) is 16.3. The van der Waals surface area contributed by atoms with Gasteiger partial charge < -0.3 is 9.88 Å². The van der Waals surface area contributed by atoms with E-state index < -0.39 is 0 Å². The molecule has 5 nitrogen and oxygen atoms in total. The standard InChI is InChI=1S/C22H20N4OS/c1-16-25-19-11-5-6-12-20(19)26(16)15-14-23-21(27)18-10-7-13-24-22(18)28-17-8-3-2-4-9-17/h2-13H,14-15H2,1H3,(H,23,27). The third kappa shape index (κ3) is 3.92. The van der Waals surface area contributed by atoms with Gasteiger partial charge >= 0.3 is 0 Å². The molecule has 2 aromatic carbocycles. The fraction of sp³-hybridized carbons (Fsp3) is 0.136. The molecule has 0 bridgehead atoms. The molecular formula is C22H20N4OS. The molecule has 0 aliphatic carbocycles. The highest BCUT2D eigenvalue weighted by Crippen LogP contribution is 2.28. The lowest BCUT2D eigenvalue weighted by Crippen LogP contribution is -2.28. The Bertz CT molecular complexity index is 1110. The lowest BCUT2D eigenvalue weighted by atomic mass is 10.2. The van der Waals surface area contributed by atoms with Crippen molar-refractivity contribution in [2.45, 2.75) is 23.4 Å². The van der Waals surface area contributed by atoms with Crippen LogP contribution < -0.4 is 5.32 Å². The topological polar surface area (TPSA) is 59.8 Å². The van der Waals surface area contributed by atoms with Gasteiger partial charge in [-0.2, -0.15) is 0 Å². The second-order valence-corrected chi connectivity index (χ2v) is 7.39. The normalized spacial score (nSPS) is 10.9. The number of hydrogen-bond acceptors (Lipinski definition) is 4. The first kappa shape index (κ1) is 18.3. The molecule has 2 aromatic heterocycles. The Kier molecular flexibility index (Phi) is 5.39. The minimum absolute atomic E-state index is 0.117. The molecule has 4 rings (SSSR count). The molecule has 1 N–H and O–H groups in total. The number of aromatic nitrogens is 3. The Hall–Kier alpha value is -3.12. The van der Waals surface area contributed by atoms with Crippen LogP contribution in [0.25, 0.3) is 11.0 Å². The van der Waals surface area contributed by atoms with Gasteiger partial charge in [-0.3, -0.25) is 4.79 Å². The van der Waals surface area contributed by atoms with Crippen molar-refractivity contribution in [2.75, 3.05) is 6.54 Å². The average molecular weight is 388 g/mol. The summed E-state index contributed by atoms with van der Waals surface area (Å²) >= 11 is 1.49. The van der Waals surface area contributed by atoms with Crippen LogP contribution in [0.2, 0.25) is 0 Å². The molecule has 0 aliphatic heterocycles. The molecule has 0 unspecified atom stereocenters. The summed E-state index contributed by atoms with van der Waals surface area (Å²) in [6.07, 6.45) is 1.71. The van der Waals surface area contributed by atoms with E-state index in [-0.39, 0.29) is 5.91 Å². The van der Waals surface area contributed by atoms with Gasteiger partial charge in [0.15, 0.2) is 0 Å². The van der Waals surface area contributed by atoms with Gasteiger partial charge in [-0.1, -0.05) is 42.1 Å². The lowest BCUT2D eigenvalue weighted by Gasteiger charge is -2.11. The number of fused-ring (bicyclic) bond motifs is 1. The Morgan fingerprint density at radius 3 is 2.68 bits per heavy atom. The molecule has 28 heavy (non-hydrogen) atoms. The van der Waals surface area contributed by atoms with Gasteiger partial charge in [0, 0.05) is 24.2 Å². The van der Waals surface area contributed by atoms with Gasteiger partial charge in [0.2, 0.25) is 0 Å². The minimum Gasteiger partial charge on any atom is -0.350 e. The van der Waals surface area contributed by atoms with Crippen molar-refractivity contribution in [3.05, 3.63) is 84.3 Å².